The van der Waals surface area contributed by atoms with Crippen LogP contribution in [0.3, 0.4) is 0 Å². The molecule has 0 amide bonds. The summed E-state index contributed by atoms with van der Waals surface area (Å²) in [6, 6.07) is 21.2. The van der Waals surface area contributed by atoms with Gasteiger partial charge < -0.3 is 10.4 Å². The van der Waals surface area contributed by atoms with Crippen LogP contribution in [0.4, 0.5) is 17.1 Å². The van der Waals surface area contributed by atoms with Crippen LogP contribution in [-0.4, -0.2) is 16.0 Å². The molecule has 0 unspecified atom stereocenters. The van der Waals surface area contributed by atoms with Gasteiger partial charge in [-0.15, -0.1) is 0 Å². The fraction of sp³-hybridized carbons (Fsp3) is 0.0952. The third kappa shape index (κ3) is 4.70. The molecule has 3 aromatic carbocycles. The SMILES string of the molecule is O=C(O)c1ccc(CCc2ccccc2)cc1Nc1cccc([N+](=O)[O-])c1. The van der Waals surface area contributed by atoms with Crippen LogP contribution >= 0.6 is 0 Å². The van der Waals surface area contributed by atoms with Gasteiger partial charge in [-0.2, -0.15) is 0 Å². The average molecular weight is 362 g/mol. The van der Waals surface area contributed by atoms with E-state index in [0.717, 1.165) is 18.4 Å². The number of carbonyl (C=O) groups is 1. The second kappa shape index (κ2) is 8.14. The van der Waals surface area contributed by atoms with Gasteiger partial charge in [0.2, 0.25) is 0 Å². The predicted octanol–water partition coefficient (Wildman–Crippen LogP) is 4.82. The number of hydrogen-bond acceptors (Lipinski definition) is 4. The van der Waals surface area contributed by atoms with Crippen molar-refractivity contribution in [2.45, 2.75) is 12.8 Å². The van der Waals surface area contributed by atoms with Crippen LogP contribution in [0.1, 0.15) is 21.5 Å². The van der Waals surface area contributed by atoms with E-state index in [1.165, 1.54) is 17.7 Å². The average Bonchev–Trinajstić information content (AvgIpc) is 2.67. The first-order chi connectivity index (χ1) is 13.0. The third-order valence-electron chi connectivity index (χ3n) is 4.20. The van der Waals surface area contributed by atoms with Gasteiger partial charge in [0.1, 0.15) is 0 Å². The highest BCUT2D eigenvalue weighted by Crippen LogP contribution is 2.26. The largest absolute Gasteiger partial charge is 0.478 e. The first kappa shape index (κ1) is 18.1. The van der Waals surface area contributed by atoms with Gasteiger partial charge >= 0.3 is 5.97 Å². The number of aromatic carboxylic acids is 1. The minimum atomic E-state index is -1.06. The molecule has 0 saturated heterocycles. The summed E-state index contributed by atoms with van der Waals surface area (Å²) in [5.41, 5.74) is 3.12. The van der Waals surface area contributed by atoms with Gasteiger partial charge in [-0.05, 0) is 42.2 Å². The lowest BCUT2D eigenvalue weighted by molar-refractivity contribution is -0.384. The van der Waals surface area contributed by atoms with Gasteiger partial charge in [-0.1, -0.05) is 42.5 Å². The zero-order valence-electron chi connectivity index (χ0n) is 14.5. The lowest BCUT2D eigenvalue weighted by Crippen LogP contribution is -2.04. The minimum Gasteiger partial charge on any atom is -0.478 e. The van der Waals surface area contributed by atoms with E-state index in [0.29, 0.717) is 11.4 Å². The maximum atomic E-state index is 11.5. The molecule has 0 fully saturated rings. The summed E-state index contributed by atoms with van der Waals surface area (Å²) in [7, 11) is 0. The molecule has 0 aliphatic carbocycles. The summed E-state index contributed by atoms with van der Waals surface area (Å²) in [5, 5.41) is 23.4. The number of non-ortho nitro benzene ring substituents is 1. The highest BCUT2D eigenvalue weighted by Gasteiger charge is 2.13. The fourth-order valence-corrected chi connectivity index (χ4v) is 2.82. The Morgan fingerprint density at radius 1 is 0.926 bits per heavy atom. The number of benzene rings is 3. The van der Waals surface area contributed by atoms with Gasteiger partial charge in [0.05, 0.1) is 16.2 Å². The molecule has 6 nitrogen and oxygen atoms in total. The van der Waals surface area contributed by atoms with Crippen molar-refractivity contribution in [1.29, 1.82) is 0 Å². The van der Waals surface area contributed by atoms with Crippen molar-refractivity contribution in [1.82, 2.24) is 0 Å². The van der Waals surface area contributed by atoms with E-state index in [1.54, 1.807) is 30.3 Å². The van der Waals surface area contributed by atoms with E-state index in [4.69, 9.17) is 0 Å². The first-order valence-corrected chi connectivity index (χ1v) is 8.44. The Morgan fingerprint density at radius 2 is 1.67 bits per heavy atom. The molecule has 0 aromatic heterocycles. The molecule has 2 N–H and O–H groups in total. The number of hydrogen-bond donors (Lipinski definition) is 2. The molecular formula is C21H18N2O4. The zero-order chi connectivity index (χ0) is 19.2. The number of nitro groups is 1. The molecule has 0 radical (unpaired) electrons. The Labute approximate surface area is 156 Å². The molecule has 0 saturated carbocycles. The van der Waals surface area contributed by atoms with Crippen molar-refractivity contribution in [2.24, 2.45) is 0 Å². The maximum Gasteiger partial charge on any atom is 0.337 e. The van der Waals surface area contributed by atoms with Gasteiger partial charge in [0.25, 0.3) is 5.69 Å². The molecule has 0 heterocycles. The smallest absolute Gasteiger partial charge is 0.337 e. The molecule has 0 atom stereocenters. The van der Waals surface area contributed by atoms with Crippen molar-refractivity contribution in [2.75, 3.05) is 5.32 Å². The Balaban J connectivity index is 1.84. The number of nitro benzene ring substituents is 1. The predicted molar refractivity (Wildman–Crippen MR) is 104 cm³/mol. The van der Waals surface area contributed by atoms with Crippen LogP contribution < -0.4 is 5.32 Å². The van der Waals surface area contributed by atoms with Crippen molar-refractivity contribution >= 4 is 23.0 Å². The second-order valence-corrected chi connectivity index (χ2v) is 6.10. The topological polar surface area (TPSA) is 92.5 Å². The maximum absolute atomic E-state index is 11.5. The number of nitrogens with zero attached hydrogens (tertiary/aromatic N) is 1. The van der Waals surface area contributed by atoms with Gasteiger partial charge in [0.15, 0.2) is 0 Å². The number of carboxylic acids is 1. The summed E-state index contributed by atoms with van der Waals surface area (Å²) in [5.74, 6) is -1.06. The van der Waals surface area contributed by atoms with Crippen LogP contribution in [0.2, 0.25) is 0 Å². The summed E-state index contributed by atoms with van der Waals surface area (Å²) >= 11 is 0. The normalized spacial score (nSPS) is 10.4. The first-order valence-electron chi connectivity index (χ1n) is 8.44. The Morgan fingerprint density at radius 3 is 2.37 bits per heavy atom. The summed E-state index contributed by atoms with van der Waals surface area (Å²) in [6.07, 6.45) is 1.59. The molecule has 0 bridgehead atoms. The number of anilines is 2. The highest BCUT2D eigenvalue weighted by atomic mass is 16.6. The summed E-state index contributed by atoms with van der Waals surface area (Å²) in [4.78, 5) is 22.0. The molecule has 0 aliphatic rings. The Kier molecular flexibility index (Phi) is 5.47. The van der Waals surface area contributed by atoms with E-state index in [-0.39, 0.29) is 11.3 Å². The van der Waals surface area contributed by atoms with Crippen LogP contribution in [0, 0.1) is 10.1 Å². The highest BCUT2D eigenvalue weighted by molar-refractivity contribution is 5.95. The summed E-state index contributed by atoms with van der Waals surface area (Å²) in [6.45, 7) is 0. The van der Waals surface area contributed by atoms with Crippen molar-refractivity contribution in [3.8, 4) is 0 Å². The van der Waals surface area contributed by atoms with E-state index in [2.05, 4.69) is 5.32 Å². The molecule has 6 heteroatoms. The molecule has 136 valence electrons. The van der Waals surface area contributed by atoms with Gasteiger partial charge in [-0.25, -0.2) is 4.79 Å². The van der Waals surface area contributed by atoms with Crippen molar-refractivity contribution in [3.05, 3.63) is 99.6 Å². The minimum absolute atomic E-state index is 0.0582. The number of nitrogens with one attached hydrogen (secondary N) is 1. The molecule has 3 rings (SSSR count). The Hall–Kier alpha value is -3.67. The van der Waals surface area contributed by atoms with Crippen LogP contribution in [0.25, 0.3) is 0 Å². The van der Waals surface area contributed by atoms with Crippen LogP contribution in [-0.2, 0) is 12.8 Å². The monoisotopic (exact) mass is 362 g/mol. The van der Waals surface area contributed by atoms with E-state index in [1.807, 2.05) is 30.3 Å². The summed E-state index contributed by atoms with van der Waals surface area (Å²) < 4.78 is 0. The van der Waals surface area contributed by atoms with E-state index in [9.17, 15) is 20.0 Å². The van der Waals surface area contributed by atoms with Crippen LogP contribution in [0.15, 0.2) is 72.8 Å². The number of carboxylic acid groups (broad SMARTS) is 1. The molecule has 3 aromatic rings. The van der Waals surface area contributed by atoms with E-state index < -0.39 is 10.9 Å². The third-order valence-corrected chi connectivity index (χ3v) is 4.20. The second-order valence-electron chi connectivity index (χ2n) is 6.10. The van der Waals surface area contributed by atoms with Gasteiger partial charge in [-0.3, -0.25) is 10.1 Å². The van der Waals surface area contributed by atoms with Crippen molar-refractivity contribution < 1.29 is 14.8 Å². The quantitative estimate of drug-likeness (QED) is 0.464. The standard InChI is InChI=1S/C21H18N2O4/c24-21(25)19-12-11-16(10-9-15-5-2-1-3-6-15)13-20(19)22-17-7-4-8-18(14-17)23(26)27/h1-8,11-14,22H,9-10H2,(H,24,25). The molecule has 0 spiro atoms. The number of rotatable bonds is 7. The zero-order valence-corrected chi connectivity index (χ0v) is 14.5. The van der Waals surface area contributed by atoms with Gasteiger partial charge in [0, 0.05) is 17.8 Å². The molecule has 27 heavy (non-hydrogen) atoms. The Bertz CT molecular complexity index is 971. The number of aryl methyl sites for hydroxylation is 2. The fourth-order valence-electron chi connectivity index (χ4n) is 2.82. The lowest BCUT2D eigenvalue weighted by Gasteiger charge is -2.12. The lowest BCUT2D eigenvalue weighted by atomic mass is 10.0. The van der Waals surface area contributed by atoms with Crippen LogP contribution in [0.5, 0.6) is 0 Å². The van der Waals surface area contributed by atoms with Crippen molar-refractivity contribution in [3.63, 3.8) is 0 Å². The molecule has 0 aliphatic heterocycles. The van der Waals surface area contributed by atoms with E-state index >= 15 is 0 Å². The molecular weight excluding hydrogens is 344 g/mol.